The van der Waals surface area contributed by atoms with E-state index < -0.39 is 32.4 Å². The van der Waals surface area contributed by atoms with E-state index in [1.807, 2.05) is 0 Å². The first-order chi connectivity index (χ1) is 15.4. The quantitative estimate of drug-likeness (QED) is 0.437. The van der Waals surface area contributed by atoms with Crippen molar-refractivity contribution in [3.8, 4) is 0 Å². The molecule has 0 aromatic heterocycles. The minimum atomic E-state index is -4.03. The number of amides is 2. The number of aliphatic hydroxyl groups excluding tert-OH is 1. The van der Waals surface area contributed by atoms with Crippen LogP contribution in [0.15, 0.2) is 29.2 Å². The van der Waals surface area contributed by atoms with E-state index in [-0.39, 0.29) is 29.0 Å². The van der Waals surface area contributed by atoms with E-state index in [1.54, 1.807) is 12.1 Å². The van der Waals surface area contributed by atoms with Crippen LogP contribution in [0.5, 0.6) is 0 Å². The van der Waals surface area contributed by atoms with Gasteiger partial charge in [0.05, 0.1) is 17.0 Å². The molecule has 8 nitrogen and oxygen atoms in total. The molecule has 0 radical (unpaired) electrons. The van der Waals surface area contributed by atoms with Crippen molar-refractivity contribution in [2.24, 2.45) is 17.3 Å². The van der Waals surface area contributed by atoms with Gasteiger partial charge in [-0.05, 0) is 76.3 Å². The molecule has 0 saturated heterocycles. The molecule has 4 aliphatic carbocycles. The van der Waals surface area contributed by atoms with Crippen LogP contribution in [0.2, 0.25) is 5.02 Å². The SMILES string of the molecule is CC(C)(NS(=O)(=O)c1ccccc1Cl)C(=O)NC12CC3CC(C1)CC(C(=O)NCCO)(C3)C2. The number of hydrogen-bond donors (Lipinski definition) is 4. The largest absolute Gasteiger partial charge is 0.395 e. The molecule has 182 valence electrons. The number of carbonyl (C=O) groups excluding carboxylic acids is 2. The third kappa shape index (κ3) is 4.65. The number of hydrogen-bond acceptors (Lipinski definition) is 5. The molecule has 0 heterocycles. The minimum Gasteiger partial charge on any atom is -0.395 e. The van der Waals surface area contributed by atoms with Crippen LogP contribution in [0, 0.1) is 17.3 Å². The van der Waals surface area contributed by atoms with Crippen LogP contribution in [0.25, 0.3) is 0 Å². The Balaban J connectivity index is 1.53. The van der Waals surface area contributed by atoms with Crippen LogP contribution in [-0.4, -0.2) is 49.6 Å². The highest BCUT2D eigenvalue weighted by atomic mass is 35.5. The Morgan fingerprint density at radius 1 is 1.15 bits per heavy atom. The molecule has 10 heteroatoms. The highest BCUT2D eigenvalue weighted by Gasteiger charge is 2.61. The minimum absolute atomic E-state index is 0.0528. The topological polar surface area (TPSA) is 125 Å². The van der Waals surface area contributed by atoms with Gasteiger partial charge in [-0.25, -0.2) is 8.42 Å². The molecule has 4 N–H and O–H groups in total. The summed E-state index contributed by atoms with van der Waals surface area (Å²) in [6.45, 7) is 3.16. The second-order valence-electron chi connectivity index (χ2n) is 10.6. The lowest BCUT2D eigenvalue weighted by molar-refractivity contribution is -0.154. The van der Waals surface area contributed by atoms with Crippen molar-refractivity contribution >= 4 is 33.4 Å². The second-order valence-corrected chi connectivity index (χ2v) is 12.7. The van der Waals surface area contributed by atoms with Gasteiger partial charge in [0.2, 0.25) is 21.8 Å². The highest BCUT2D eigenvalue weighted by molar-refractivity contribution is 7.89. The summed E-state index contributed by atoms with van der Waals surface area (Å²) in [4.78, 5) is 26.3. The van der Waals surface area contributed by atoms with Gasteiger partial charge < -0.3 is 15.7 Å². The Morgan fingerprint density at radius 3 is 2.39 bits per heavy atom. The fraction of sp³-hybridized carbons (Fsp3) is 0.652. The number of carbonyl (C=O) groups is 2. The zero-order valence-corrected chi connectivity index (χ0v) is 20.6. The van der Waals surface area contributed by atoms with Gasteiger partial charge in [0.1, 0.15) is 10.4 Å². The van der Waals surface area contributed by atoms with Gasteiger partial charge in [0.15, 0.2) is 0 Å². The van der Waals surface area contributed by atoms with E-state index in [9.17, 15) is 18.0 Å². The molecular weight excluding hydrogens is 466 g/mol. The average molecular weight is 498 g/mol. The van der Waals surface area contributed by atoms with Crippen molar-refractivity contribution in [2.75, 3.05) is 13.2 Å². The van der Waals surface area contributed by atoms with Gasteiger partial charge in [0, 0.05) is 12.1 Å². The molecule has 4 saturated carbocycles. The summed E-state index contributed by atoms with van der Waals surface area (Å²) >= 11 is 6.07. The van der Waals surface area contributed by atoms with Crippen molar-refractivity contribution in [3.05, 3.63) is 29.3 Å². The van der Waals surface area contributed by atoms with Gasteiger partial charge in [0.25, 0.3) is 0 Å². The Morgan fingerprint density at radius 2 is 1.79 bits per heavy atom. The number of benzene rings is 1. The van der Waals surface area contributed by atoms with E-state index in [2.05, 4.69) is 15.4 Å². The summed E-state index contributed by atoms with van der Waals surface area (Å²) in [6, 6.07) is 6.09. The van der Waals surface area contributed by atoms with Crippen LogP contribution < -0.4 is 15.4 Å². The first-order valence-electron chi connectivity index (χ1n) is 11.4. The predicted molar refractivity (Wildman–Crippen MR) is 124 cm³/mol. The average Bonchev–Trinajstić information content (AvgIpc) is 2.70. The smallest absolute Gasteiger partial charge is 0.243 e. The van der Waals surface area contributed by atoms with Gasteiger partial charge >= 0.3 is 0 Å². The molecule has 5 rings (SSSR count). The molecular formula is C23H32ClN3O5S. The fourth-order valence-electron chi connectivity index (χ4n) is 6.53. The Labute approximate surface area is 199 Å². The van der Waals surface area contributed by atoms with E-state index in [4.69, 9.17) is 16.7 Å². The summed E-state index contributed by atoms with van der Waals surface area (Å²) in [5.41, 5.74) is -2.51. The second kappa shape index (κ2) is 8.52. The fourth-order valence-corrected chi connectivity index (χ4v) is 8.43. The number of halogens is 1. The van der Waals surface area contributed by atoms with E-state index in [0.29, 0.717) is 18.3 Å². The van der Waals surface area contributed by atoms with Crippen molar-refractivity contribution in [2.45, 2.75) is 68.3 Å². The van der Waals surface area contributed by atoms with Gasteiger partial charge in [-0.3, -0.25) is 9.59 Å². The molecule has 1 aromatic rings. The standard InChI is InChI=1S/C23H32ClN3O5S/c1-21(2,27-33(31,32)18-6-4-3-5-17(18)24)19(29)26-23-12-15-9-16(13-23)11-22(10-15,14-23)20(30)25-7-8-28/h3-6,15-16,27-28H,7-14H2,1-2H3,(H,25,30)(H,26,29). The van der Waals surface area contributed by atoms with Crippen LogP contribution in [0.4, 0.5) is 0 Å². The summed E-state index contributed by atoms with van der Waals surface area (Å²) in [6.07, 6.45) is 4.75. The number of nitrogens with one attached hydrogen (secondary N) is 3. The van der Waals surface area contributed by atoms with E-state index >= 15 is 0 Å². The predicted octanol–water partition coefficient (Wildman–Crippen LogP) is 1.96. The van der Waals surface area contributed by atoms with Crippen molar-refractivity contribution in [1.82, 2.24) is 15.4 Å². The van der Waals surface area contributed by atoms with Crippen LogP contribution >= 0.6 is 11.6 Å². The maximum atomic E-state index is 13.4. The third-order valence-corrected chi connectivity index (χ3v) is 9.56. The Hall–Kier alpha value is -1.68. The highest BCUT2D eigenvalue weighted by Crippen LogP contribution is 2.61. The number of rotatable bonds is 8. The lowest BCUT2D eigenvalue weighted by Gasteiger charge is -2.61. The maximum Gasteiger partial charge on any atom is 0.243 e. The van der Waals surface area contributed by atoms with Crippen LogP contribution in [0.1, 0.15) is 52.4 Å². The molecule has 4 fully saturated rings. The Kier molecular flexibility index (Phi) is 6.31. The number of sulfonamides is 1. The molecule has 0 aliphatic heterocycles. The first kappa shape index (κ1) is 24.4. The van der Waals surface area contributed by atoms with Gasteiger partial charge in [-0.15, -0.1) is 0 Å². The summed E-state index contributed by atoms with van der Waals surface area (Å²) in [5, 5.41) is 15.2. The van der Waals surface area contributed by atoms with Crippen molar-refractivity contribution in [1.29, 1.82) is 0 Å². The van der Waals surface area contributed by atoms with Crippen LogP contribution in [0.3, 0.4) is 0 Å². The first-order valence-corrected chi connectivity index (χ1v) is 13.3. The monoisotopic (exact) mass is 497 g/mol. The van der Waals surface area contributed by atoms with Gasteiger partial charge in [-0.2, -0.15) is 4.72 Å². The van der Waals surface area contributed by atoms with E-state index in [0.717, 1.165) is 32.1 Å². The lowest BCUT2D eigenvalue weighted by Crippen LogP contribution is -2.68. The summed E-state index contributed by atoms with van der Waals surface area (Å²) in [7, 11) is -4.03. The summed E-state index contributed by atoms with van der Waals surface area (Å²) in [5.74, 6) is 0.206. The van der Waals surface area contributed by atoms with Gasteiger partial charge in [-0.1, -0.05) is 23.7 Å². The molecule has 0 spiro atoms. The third-order valence-electron chi connectivity index (χ3n) is 7.40. The molecule has 1 aromatic carbocycles. The Bertz CT molecular complexity index is 1040. The number of aliphatic hydroxyl groups is 1. The van der Waals surface area contributed by atoms with Crippen molar-refractivity contribution < 1.29 is 23.1 Å². The zero-order valence-electron chi connectivity index (χ0n) is 19.0. The van der Waals surface area contributed by atoms with Crippen LogP contribution in [-0.2, 0) is 19.6 Å². The molecule has 2 atom stereocenters. The normalized spacial score (nSPS) is 30.8. The van der Waals surface area contributed by atoms with Crippen molar-refractivity contribution in [3.63, 3.8) is 0 Å². The summed E-state index contributed by atoms with van der Waals surface area (Å²) < 4.78 is 28.4. The zero-order chi connectivity index (χ0) is 24.1. The molecule has 33 heavy (non-hydrogen) atoms. The molecule has 4 bridgehead atoms. The molecule has 2 unspecified atom stereocenters. The van der Waals surface area contributed by atoms with E-state index in [1.165, 1.54) is 26.0 Å². The maximum absolute atomic E-state index is 13.4. The molecule has 4 aliphatic rings. The lowest BCUT2D eigenvalue weighted by atomic mass is 9.46. The molecule has 2 amide bonds.